The maximum atomic E-state index is 12.9. The number of nitrogens with zero attached hydrogens (tertiary/aromatic N) is 1. The van der Waals surface area contributed by atoms with Crippen molar-refractivity contribution in [2.45, 2.75) is 26.7 Å². The predicted molar refractivity (Wildman–Crippen MR) is 135 cm³/mol. The third-order valence-electron chi connectivity index (χ3n) is 6.55. The molecule has 0 radical (unpaired) electrons. The molecule has 2 atom stereocenters. The zero-order chi connectivity index (χ0) is 24.5. The van der Waals surface area contributed by atoms with Crippen molar-refractivity contribution in [1.82, 2.24) is 0 Å². The lowest BCUT2D eigenvalue weighted by Crippen LogP contribution is -2.30. The van der Waals surface area contributed by atoms with Gasteiger partial charge in [-0.05, 0) is 92.9 Å². The maximum absolute atomic E-state index is 12.9. The Hall–Kier alpha value is -4.19. The van der Waals surface area contributed by atoms with Crippen molar-refractivity contribution in [1.29, 1.82) is 0 Å². The van der Waals surface area contributed by atoms with Crippen molar-refractivity contribution >= 4 is 29.1 Å². The molecule has 5 rings (SSSR count). The smallest absolute Gasteiger partial charge is 0.255 e. The summed E-state index contributed by atoms with van der Waals surface area (Å²) in [6.07, 6.45) is 3.28. The summed E-state index contributed by atoms with van der Waals surface area (Å²) in [6.45, 7) is 4.00. The third kappa shape index (κ3) is 4.60. The van der Waals surface area contributed by atoms with Gasteiger partial charge in [0.05, 0.1) is 17.5 Å². The molecule has 35 heavy (non-hydrogen) atoms. The summed E-state index contributed by atoms with van der Waals surface area (Å²) in [5.41, 5.74) is 3.83. The van der Waals surface area contributed by atoms with Crippen LogP contribution in [0.4, 0.5) is 11.4 Å². The Balaban J connectivity index is 1.23. The molecule has 1 aliphatic heterocycles. The molecule has 0 spiro atoms. The van der Waals surface area contributed by atoms with Gasteiger partial charge in [0.1, 0.15) is 11.5 Å². The summed E-state index contributed by atoms with van der Waals surface area (Å²) in [5.74, 6) is 0.259. The highest BCUT2D eigenvalue weighted by atomic mass is 16.5. The van der Waals surface area contributed by atoms with Crippen molar-refractivity contribution < 1.29 is 19.1 Å². The van der Waals surface area contributed by atoms with E-state index in [4.69, 9.17) is 4.74 Å². The van der Waals surface area contributed by atoms with E-state index in [9.17, 15) is 14.4 Å². The van der Waals surface area contributed by atoms with E-state index in [1.165, 1.54) is 4.90 Å². The lowest BCUT2D eigenvalue weighted by molar-refractivity contribution is -0.122. The van der Waals surface area contributed by atoms with Crippen LogP contribution in [0.1, 0.15) is 35.7 Å². The molecule has 6 heteroatoms. The minimum absolute atomic E-state index is 0.155. The fourth-order valence-corrected chi connectivity index (χ4v) is 4.68. The van der Waals surface area contributed by atoms with Crippen LogP contribution < -0.4 is 15.0 Å². The molecule has 0 bridgehead atoms. The van der Waals surface area contributed by atoms with Gasteiger partial charge < -0.3 is 10.1 Å². The van der Waals surface area contributed by atoms with Crippen molar-refractivity contribution in [3.63, 3.8) is 0 Å². The van der Waals surface area contributed by atoms with Crippen LogP contribution in [0.3, 0.4) is 0 Å². The minimum atomic E-state index is -0.285. The van der Waals surface area contributed by atoms with Crippen molar-refractivity contribution in [3.8, 4) is 11.5 Å². The van der Waals surface area contributed by atoms with Crippen LogP contribution in [0.25, 0.3) is 0 Å². The van der Waals surface area contributed by atoms with Gasteiger partial charge in [-0.1, -0.05) is 23.8 Å². The zero-order valence-corrected chi connectivity index (χ0v) is 19.7. The number of nitrogens with one attached hydrogen (secondary N) is 1. The Morgan fingerprint density at radius 2 is 1.60 bits per heavy atom. The van der Waals surface area contributed by atoms with Crippen LogP contribution in [-0.2, 0) is 9.59 Å². The lowest BCUT2D eigenvalue weighted by Gasteiger charge is -2.18. The maximum Gasteiger partial charge on any atom is 0.255 e. The topological polar surface area (TPSA) is 75.7 Å². The highest BCUT2D eigenvalue weighted by Crippen LogP contribution is 2.39. The Labute approximate surface area is 204 Å². The van der Waals surface area contributed by atoms with Gasteiger partial charge in [-0.2, -0.15) is 0 Å². The zero-order valence-electron chi connectivity index (χ0n) is 19.7. The summed E-state index contributed by atoms with van der Waals surface area (Å²) in [6, 6.07) is 21.5. The molecule has 1 saturated heterocycles. The molecule has 3 aromatic carbocycles. The number of anilines is 2. The molecule has 0 saturated carbocycles. The van der Waals surface area contributed by atoms with E-state index in [1.54, 1.807) is 48.5 Å². The quantitative estimate of drug-likeness (QED) is 0.376. The van der Waals surface area contributed by atoms with E-state index in [0.29, 0.717) is 35.5 Å². The minimum Gasteiger partial charge on any atom is -0.457 e. The molecule has 1 fully saturated rings. The number of benzene rings is 3. The molecule has 0 unspecified atom stereocenters. The number of rotatable bonds is 5. The van der Waals surface area contributed by atoms with Gasteiger partial charge in [0, 0.05) is 11.3 Å². The Morgan fingerprint density at radius 1 is 0.886 bits per heavy atom. The second-order valence-electron chi connectivity index (χ2n) is 9.16. The number of carbonyl (C=O) groups excluding carboxylic acids is 3. The highest BCUT2D eigenvalue weighted by Gasteiger charge is 2.48. The van der Waals surface area contributed by atoms with Crippen LogP contribution in [0, 0.1) is 18.8 Å². The second-order valence-corrected chi connectivity index (χ2v) is 9.16. The third-order valence-corrected chi connectivity index (χ3v) is 6.55. The molecule has 3 aromatic rings. The molecular formula is C29H26N2O4. The van der Waals surface area contributed by atoms with E-state index >= 15 is 0 Å². The lowest BCUT2D eigenvalue weighted by atomic mass is 9.82. The molecule has 176 valence electrons. The first-order valence-corrected chi connectivity index (χ1v) is 11.7. The first-order chi connectivity index (χ1) is 16.9. The number of amides is 3. The summed E-state index contributed by atoms with van der Waals surface area (Å²) in [5, 5.41) is 2.86. The number of aryl methyl sites for hydroxylation is 1. The van der Waals surface area contributed by atoms with Gasteiger partial charge in [-0.15, -0.1) is 0 Å². The molecule has 2 aliphatic rings. The standard InChI is InChI=1S/C29H26N2O4/c1-18-4-3-5-24(16-18)35-23-13-9-21(10-14-23)30-27(32)20-7-11-22(12-8-20)31-28(33)25-15-6-19(2)17-26(25)29(31)34/h3-14,16,25-26H,15,17H2,1-2H3,(H,30,32)/t25-,26-/m1/s1. The van der Waals surface area contributed by atoms with Gasteiger partial charge in [0.2, 0.25) is 11.8 Å². The average Bonchev–Trinajstić information content (AvgIpc) is 3.09. The van der Waals surface area contributed by atoms with Gasteiger partial charge in [-0.25, -0.2) is 0 Å². The molecule has 6 nitrogen and oxygen atoms in total. The Bertz CT molecular complexity index is 1330. The van der Waals surface area contributed by atoms with Crippen molar-refractivity contribution in [2.24, 2.45) is 11.8 Å². The van der Waals surface area contributed by atoms with E-state index in [0.717, 1.165) is 16.9 Å². The number of hydrogen-bond donors (Lipinski definition) is 1. The molecule has 0 aromatic heterocycles. The molecular weight excluding hydrogens is 440 g/mol. The van der Waals surface area contributed by atoms with Crippen LogP contribution >= 0.6 is 0 Å². The van der Waals surface area contributed by atoms with Gasteiger partial charge in [0.15, 0.2) is 0 Å². The number of carbonyl (C=O) groups is 3. The number of imide groups is 1. The van der Waals surface area contributed by atoms with E-state index in [1.807, 2.05) is 44.2 Å². The number of ether oxygens (including phenoxy) is 1. The predicted octanol–water partition coefficient (Wildman–Crippen LogP) is 5.89. The van der Waals surface area contributed by atoms with Crippen molar-refractivity contribution in [2.75, 3.05) is 10.2 Å². The number of allylic oxidation sites excluding steroid dienone is 2. The fourth-order valence-electron chi connectivity index (χ4n) is 4.68. The van der Waals surface area contributed by atoms with Crippen LogP contribution in [0.15, 0.2) is 84.4 Å². The molecule has 3 amide bonds. The first kappa shape index (κ1) is 22.6. The first-order valence-electron chi connectivity index (χ1n) is 11.7. The monoisotopic (exact) mass is 466 g/mol. The van der Waals surface area contributed by atoms with Gasteiger partial charge in [-0.3, -0.25) is 19.3 Å². The van der Waals surface area contributed by atoms with Gasteiger partial charge >= 0.3 is 0 Å². The van der Waals surface area contributed by atoms with Crippen LogP contribution in [0.5, 0.6) is 11.5 Å². The summed E-state index contributed by atoms with van der Waals surface area (Å²) < 4.78 is 5.85. The Kier molecular flexibility index (Phi) is 5.95. The van der Waals surface area contributed by atoms with Crippen molar-refractivity contribution in [3.05, 3.63) is 95.6 Å². The summed E-state index contributed by atoms with van der Waals surface area (Å²) in [4.78, 5) is 39.8. The second kappa shape index (κ2) is 9.22. The SMILES string of the molecule is CC1=CC[C@H]2C(=O)N(c3ccc(C(=O)Nc4ccc(Oc5cccc(C)c5)cc4)cc3)C(=O)[C@@H]2C1. The van der Waals surface area contributed by atoms with E-state index < -0.39 is 0 Å². The number of hydrogen-bond acceptors (Lipinski definition) is 4. The van der Waals surface area contributed by atoms with Crippen LogP contribution in [0.2, 0.25) is 0 Å². The fraction of sp³-hybridized carbons (Fsp3) is 0.207. The Morgan fingerprint density at radius 3 is 2.31 bits per heavy atom. The molecule has 1 heterocycles. The average molecular weight is 467 g/mol. The summed E-state index contributed by atoms with van der Waals surface area (Å²) in [7, 11) is 0. The van der Waals surface area contributed by atoms with E-state index in [-0.39, 0.29) is 29.6 Å². The number of fused-ring (bicyclic) bond motifs is 1. The summed E-state index contributed by atoms with van der Waals surface area (Å²) >= 11 is 0. The highest BCUT2D eigenvalue weighted by molar-refractivity contribution is 6.22. The van der Waals surface area contributed by atoms with Gasteiger partial charge in [0.25, 0.3) is 5.91 Å². The van der Waals surface area contributed by atoms with Crippen LogP contribution in [-0.4, -0.2) is 17.7 Å². The van der Waals surface area contributed by atoms with E-state index in [2.05, 4.69) is 5.32 Å². The largest absolute Gasteiger partial charge is 0.457 e. The normalized spacial score (nSPS) is 19.3. The molecule has 1 aliphatic carbocycles. The molecule has 1 N–H and O–H groups in total.